The summed E-state index contributed by atoms with van der Waals surface area (Å²) in [5.41, 5.74) is 0. The minimum Gasteiger partial charge on any atom is -0.481 e. The summed E-state index contributed by atoms with van der Waals surface area (Å²) in [5, 5.41) is 23.5. The molecule has 0 saturated carbocycles. The van der Waals surface area contributed by atoms with Gasteiger partial charge in [0.2, 0.25) is 11.8 Å². The van der Waals surface area contributed by atoms with E-state index in [2.05, 4.69) is 10.6 Å². The third kappa shape index (κ3) is 44.7. The minimum absolute atomic E-state index is 0.00964. The molecular weight excluding hydrogens is 752 g/mol. The first-order valence-electron chi connectivity index (χ1n) is 22.4. The fraction of sp³-hybridized carbons (Fsp3) is 0.907. The number of carbonyl (C=O) groups is 4. The molecule has 0 heterocycles. The van der Waals surface area contributed by atoms with Crippen molar-refractivity contribution in [2.75, 3.05) is 99.0 Å². The van der Waals surface area contributed by atoms with Crippen molar-refractivity contribution in [2.24, 2.45) is 0 Å². The number of amides is 2. The van der Waals surface area contributed by atoms with Crippen LogP contribution in [0.5, 0.6) is 0 Å². The number of hydrogen-bond acceptors (Lipinski definition) is 11. The topological polar surface area (TPSA) is 197 Å². The van der Waals surface area contributed by atoms with E-state index in [-0.39, 0.29) is 31.1 Å². The molecule has 0 radical (unpaired) electrons. The van der Waals surface area contributed by atoms with Gasteiger partial charge < -0.3 is 54.0 Å². The highest BCUT2D eigenvalue weighted by Gasteiger charge is 2.20. The number of ether oxygens (including phenoxy) is 7. The van der Waals surface area contributed by atoms with Crippen LogP contribution in [0, 0.1) is 0 Å². The zero-order valence-corrected chi connectivity index (χ0v) is 36.1. The molecule has 15 heteroatoms. The van der Waals surface area contributed by atoms with E-state index in [1.54, 1.807) is 0 Å². The highest BCUT2D eigenvalue weighted by molar-refractivity contribution is 5.84. The predicted octanol–water partition coefficient (Wildman–Crippen LogP) is 6.47. The third-order valence-corrected chi connectivity index (χ3v) is 9.34. The molecule has 0 bridgehead atoms. The van der Waals surface area contributed by atoms with Gasteiger partial charge in [-0.3, -0.25) is 14.4 Å². The van der Waals surface area contributed by atoms with Gasteiger partial charge in [-0.25, -0.2) is 4.79 Å². The molecule has 1 atom stereocenters. The van der Waals surface area contributed by atoms with Gasteiger partial charge >= 0.3 is 11.9 Å². The Hall–Kier alpha value is -2.40. The molecule has 58 heavy (non-hydrogen) atoms. The molecule has 0 saturated heterocycles. The van der Waals surface area contributed by atoms with Crippen LogP contribution in [0.25, 0.3) is 0 Å². The molecule has 0 unspecified atom stereocenters. The van der Waals surface area contributed by atoms with Crippen molar-refractivity contribution < 1.29 is 62.5 Å². The van der Waals surface area contributed by atoms with Crippen LogP contribution in [0.3, 0.4) is 0 Å². The summed E-state index contributed by atoms with van der Waals surface area (Å²) in [5.74, 6) is -2.42. The molecule has 0 aromatic heterocycles. The average molecular weight is 835 g/mol. The second-order valence-corrected chi connectivity index (χ2v) is 14.5. The van der Waals surface area contributed by atoms with Crippen LogP contribution in [0.4, 0.5) is 0 Å². The first-order chi connectivity index (χ1) is 28.4. The number of hydrogen-bond donors (Lipinski definition) is 4. The highest BCUT2D eigenvalue weighted by Crippen LogP contribution is 2.15. The Morgan fingerprint density at radius 1 is 0.414 bits per heavy atom. The Bertz CT molecular complexity index is 944. The van der Waals surface area contributed by atoms with Gasteiger partial charge in [0, 0.05) is 32.4 Å². The zero-order chi connectivity index (χ0) is 42.4. The third-order valence-electron chi connectivity index (χ3n) is 9.34. The fourth-order valence-corrected chi connectivity index (χ4v) is 6.00. The summed E-state index contributed by atoms with van der Waals surface area (Å²) in [7, 11) is 0. The maximum absolute atomic E-state index is 12.3. The van der Waals surface area contributed by atoms with Crippen molar-refractivity contribution >= 4 is 23.8 Å². The normalized spacial score (nSPS) is 11.8. The summed E-state index contributed by atoms with van der Waals surface area (Å²) in [6, 6.07) is -1.09. The summed E-state index contributed by atoms with van der Waals surface area (Å²) >= 11 is 0. The molecule has 0 rings (SSSR count). The van der Waals surface area contributed by atoms with E-state index in [4.69, 9.17) is 38.3 Å². The lowest BCUT2D eigenvalue weighted by atomic mass is 10.0. The Kier molecular flexibility index (Phi) is 43.8. The lowest BCUT2D eigenvalue weighted by Gasteiger charge is -2.14. The fourth-order valence-electron chi connectivity index (χ4n) is 6.00. The molecule has 2 amide bonds. The number of nitrogens with one attached hydrogen (secondary N) is 2. The molecule has 0 spiro atoms. The number of carboxylic acids is 2. The van der Waals surface area contributed by atoms with Crippen LogP contribution >= 0.6 is 0 Å². The van der Waals surface area contributed by atoms with E-state index >= 15 is 0 Å². The van der Waals surface area contributed by atoms with Crippen LogP contribution < -0.4 is 10.6 Å². The molecule has 0 aliphatic rings. The summed E-state index contributed by atoms with van der Waals surface area (Å²) in [6.07, 6.45) is 21.5. The first-order valence-corrected chi connectivity index (χ1v) is 22.4. The van der Waals surface area contributed by atoms with Crippen molar-refractivity contribution in [1.29, 1.82) is 0 Å². The average Bonchev–Trinajstić information content (AvgIpc) is 3.20. The van der Waals surface area contributed by atoms with Gasteiger partial charge in [0.05, 0.1) is 85.9 Å². The van der Waals surface area contributed by atoms with Crippen molar-refractivity contribution in [3.05, 3.63) is 0 Å². The van der Waals surface area contributed by atoms with E-state index in [1.807, 2.05) is 6.92 Å². The smallest absolute Gasteiger partial charge is 0.326 e. The SMILES string of the molecule is CCOCCOCCOCCOCCOCCOCCOCCNC(=O)CC[C@H](NC(=O)CCCCCCCCCCCCCCCCCCCCC(=O)O)C(=O)O. The molecule has 0 fully saturated rings. The number of carboxylic acid groups (broad SMARTS) is 2. The number of rotatable bonds is 48. The monoisotopic (exact) mass is 835 g/mol. The molecule has 4 N–H and O–H groups in total. The maximum Gasteiger partial charge on any atom is 0.326 e. The molecule has 0 aliphatic heterocycles. The van der Waals surface area contributed by atoms with Gasteiger partial charge in [0.25, 0.3) is 0 Å². The quantitative estimate of drug-likeness (QED) is 0.0487. The Morgan fingerprint density at radius 2 is 0.741 bits per heavy atom. The first kappa shape index (κ1) is 55.6. The summed E-state index contributed by atoms with van der Waals surface area (Å²) in [4.78, 5) is 46.7. The molecule has 342 valence electrons. The van der Waals surface area contributed by atoms with Gasteiger partial charge in [-0.2, -0.15) is 0 Å². The number of unbranched alkanes of at least 4 members (excludes halogenated alkanes) is 17. The van der Waals surface area contributed by atoms with Gasteiger partial charge in [-0.05, 0) is 26.2 Å². The van der Waals surface area contributed by atoms with Crippen LogP contribution in [0.2, 0.25) is 0 Å². The van der Waals surface area contributed by atoms with Gasteiger partial charge in [0.15, 0.2) is 0 Å². The van der Waals surface area contributed by atoms with Crippen LogP contribution in [-0.2, 0) is 52.3 Å². The highest BCUT2D eigenvalue weighted by atomic mass is 16.6. The largest absolute Gasteiger partial charge is 0.481 e. The Morgan fingerprint density at radius 3 is 1.09 bits per heavy atom. The van der Waals surface area contributed by atoms with E-state index in [0.29, 0.717) is 105 Å². The van der Waals surface area contributed by atoms with Crippen molar-refractivity contribution in [3.8, 4) is 0 Å². The van der Waals surface area contributed by atoms with Gasteiger partial charge in [-0.15, -0.1) is 0 Å². The van der Waals surface area contributed by atoms with Crippen molar-refractivity contribution in [3.63, 3.8) is 0 Å². The molecular formula is C43H82N2O13. The molecule has 15 nitrogen and oxygen atoms in total. The van der Waals surface area contributed by atoms with Crippen LogP contribution in [0.15, 0.2) is 0 Å². The zero-order valence-electron chi connectivity index (χ0n) is 36.1. The lowest BCUT2D eigenvalue weighted by Crippen LogP contribution is -2.41. The van der Waals surface area contributed by atoms with Crippen LogP contribution in [-0.4, -0.2) is 139 Å². The van der Waals surface area contributed by atoms with Crippen molar-refractivity contribution in [1.82, 2.24) is 10.6 Å². The van der Waals surface area contributed by atoms with Gasteiger partial charge in [-0.1, -0.05) is 103 Å². The summed E-state index contributed by atoms with van der Waals surface area (Å²) in [6.45, 7) is 9.03. The molecule has 0 aromatic carbocycles. The summed E-state index contributed by atoms with van der Waals surface area (Å²) < 4.78 is 37.8. The van der Waals surface area contributed by atoms with Crippen molar-refractivity contribution in [2.45, 2.75) is 154 Å². The molecule has 0 aliphatic carbocycles. The van der Waals surface area contributed by atoms with Crippen LogP contribution in [0.1, 0.15) is 148 Å². The van der Waals surface area contributed by atoms with Gasteiger partial charge in [0.1, 0.15) is 6.04 Å². The second-order valence-electron chi connectivity index (χ2n) is 14.5. The maximum atomic E-state index is 12.3. The lowest BCUT2D eigenvalue weighted by molar-refractivity contribution is -0.142. The van der Waals surface area contributed by atoms with E-state index in [9.17, 15) is 24.3 Å². The van der Waals surface area contributed by atoms with E-state index < -0.39 is 18.0 Å². The van der Waals surface area contributed by atoms with E-state index in [1.165, 1.54) is 70.6 Å². The number of carbonyl (C=O) groups excluding carboxylic acids is 2. The molecule has 0 aromatic rings. The van der Waals surface area contributed by atoms with E-state index in [0.717, 1.165) is 44.9 Å². The second kappa shape index (κ2) is 45.7. The Balaban J connectivity index is 3.52. The standard InChI is InChI=1S/C43H82N2O13/c1-2-52-27-28-54-31-32-56-35-36-58-38-37-57-34-33-55-30-29-53-26-25-44-40(46)24-23-39(43(50)51)45-41(47)21-19-17-15-13-11-9-7-5-3-4-6-8-10-12-14-16-18-20-22-42(48)49/h39H,2-38H2,1H3,(H,44,46)(H,45,47)(H,48,49)(H,50,51)/t39-/m0/s1. The number of aliphatic carboxylic acids is 2. The Labute approximate surface area is 349 Å². The predicted molar refractivity (Wildman–Crippen MR) is 223 cm³/mol. The minimum atomic E-state index is -1.14.